The number of rotatable bonds is 4. The summed E-state index contributed by atoms with van der Waals surface area (Å²) >= 11 is 1.12. The Balaban J connectivity index is 1.54. The lowest BCUT2D eigenvalue weighted by atomic mass is 10.1. The lowest BCUT2D eigenvalue weighted by Gasteiger charge is -2.18. The fourth-order valence-electron chi connectivity index (χ4n) is 3.61. The first-order valence-electron chi connectivity index (χ1n) is 8.48. The van der Waals surface area contributed by atoms with Crippen molar-refractivity contribution < 1.29 is 9.53 Å². The number of carbonyl (C=O) groups excluding carboxylic acids is 1. The summed E-state index contributed by atoms with van der Waals surface area (Å²) in [5.41, 5.74) is 4.06. The summed E-state index contributed by atoms with van der Waals surface area (Å²) in [6.45, 7) is 3.56. The second-order valence-electron chi connectivity index (χ2n) is 6.43. The number of ether oxygens (including phenoxy) is 1. The van der Waals surface area contributed by atoms with Gasteiger partial charge in [-0.2, -0.15) is 5.10 Å². The molecule has 1 aliphatic carbocycles. The van der Waals surface area contributed by atoms with Gasteiger partial charge in [0.15, 0.2) is 0 Å². The van der Waals surface area contributed by atoms with Gasteiger partial charge in [0, 0.05) is 17.7 Å². The molecule has 0 radical (unpaired) electrons. The lowest BCUT2D eigenvalue weighted by molar-refractivity contribution is 0.0950. The van der Waals surface area contributed by atoms with E-state index < -0.39 is 0 Å². The van der Waals surface area contributed by atoms with E-state index in [9.17, 15) is 4.79 Å². The van der Waals surface area contributed by atoms with Crippen molar-refractivity contribution in [2.24, 2.45) is 0 Å². The molecule has 1 fully saturated rings. The van der Waals surface area contributed by atoms with Crippen LogP contribution in [0.1, 0.15) is 64.0 Å². The molecule has 2 aromatic heterocycles. The Labute approximate surface area is 144 Å². The third-order valence-electron chi connectivity index (χ3n) is 4.88. The van der Waals surface area contributed by atoms with Crippen LogP contribution in [0.2, 0.25) is 0 Å². The van der Waals surface area contributed by atoms with Crippen molar-refractivity contribution in [1.29, 1.82) is 0 Å². The van der Waals surface area contributed by atoms with Crippen molar-refractivity contribution in [3.8, 4) is 0 Å². The zero-order valence-corrected chi connectivity index (χ0v) is 14.6. The second-order valence-corrected chi connectivity index (χ2v) is 7.18. The van der Waals surface area contributed by atoms with Crippen LogP contribution >= 0.6 is 11.5 Å². The van der Waals surface area contributed by atoms with Gasteiger partial charge in [-0.1, -0.05) is 17.3 Å². The monoisotopic (exact) mass is 347 g/mol. The van der Waals surface area contributed by atoms with E-state index in [-0.39, 0.29) is 5.91 Å². The van der Waals surface area contributed by atoms with Crippen LogP contribution in [0.15, 0.2) is 0 Å². The minimum Gasteiger partial charge on any atom is -0.376 e. The maximum atomic E-state index is 12.3. The molecule has 0 saturated heterocycles. The van der Waals surface area contributed by atoms with Crippen LogP contribution in [-0.2, 0) is 24.3 Å². The Morgan fingerprint density at radius 2 is 2.25 bits per heavy atom. The first-order valence-corrected chi connectivity index (χ1v) is 9.25. The molecule has 1 N–H and O–H groups in total. The highest BCUT2D eigenvalue weighted by Crippen LogP contribution is 2.33. The lowest BCUT2D eigenvalue weighted by Crippen LogP contribution is -2.23. The van der Waals surface area contributed by atoms with Crippen molar-refractivity contribution in [2.75, 3.05) is 6.61 Å². The fraction of sp³-hybridized carbons (Fsp3) is 0.625. The molecule has 4 rings (SSSR count). The summed E-state index contributed by atoms with van der Waals surface area (Å²) in [5.74, 6) is -0.136. The Morgan fingerprint density at radius 3 is 3.00 bits per heavy atom. The molecule has 0 unspecified atom stereocenters. The van der Waals surface area contributed by atoms with Gasteiger partial charge in [-0.15, -0.1) is 5.10 Å². The van der Waals surface area contributed by atoms with Crippen molar-refractivity contribution >= 4 is 17.4 Å². The highest BCUT2D eigenvalue weighted by Gasteiger charge is 2.27. The average Bonchev–Trinajstić information content (AvgIpc) is 3.32. The van der Waals surface area contributed by atoms with Crippen LogP contribution in [0.5, 0.6) is 0 Å². The molecule has 1 saturated carbocycles. The van der Waals surface area contributed by atoms with Crippen molar-refractivity contribution in [1.82, 2.24) is 24.7 Å². The average molecular weight is 347 g/mol. The fourth-order valence-corrected chi connectivity index (χ4v) is 4.18. The van der Waals surface area contributed by atoms with Gasteiger partial charge in [0.05, 0.1) is 37.2 Å². The minimum absolute atomic E-state index is 0.136. The molecule has 2 aliphatic rings. The maximum absolute atomic E-state index is 12.3. The SMILES string of the molecule is Cc1nnsc1C(=O)NCc1nn(C2CCCC2)c2c1COCC2. The number of nitrogens with zero attached hydrogens (tertiary/aromatic N) is 4. The van der Waals surface area contributed by atoms with Crippen LogP contribution in [-0.4, -0.2) is 31.9 Å². The Bertz CT molecular complexity index is 748. The highest BCUT2D eigenvalue weighted by molar-refractivity contribution is 7.07. The molecule has 1 aliphatic heterocycles. The second kappa shape index (κ2) is 6.60. The molecule has 24 heavy (non-hydrogen) atoms. The molecule has 128 valence electrons. The number of nitrogens with one attached hydrogen (secondary N) is 1. The Kier molecular flexibility index (Phi) is 4.32. The number of hydrogen-bond acceptors (Lipinski definition) is 6. The molecule has 7 nitrogen and oxygen atoms in total. The van der Waals surface area contributed by atoms with Crippen LogP contribution in [0.3, 0.4) is 0 Å². The van der Waals surface area contributed by atoms with Crippen LogP contribution < -0.4 is 5.32 Å². The van der Waals surface area contributed by atoms with Gasteiger partial charge < -0.3 is 10.1 Å². The van der Waals surface area contributed by atoms with Gasteiger partial charge in [-0.25, -0.2) is 0 Å². The summed E-state index contributed by atoms with van der Waals surface area (Å²) in [4.78, 5) is 12.8. The largest absolute Gasteiger partial charge is 0.376 e. The number of amides is 1. The summed E-state index contributed by atoms with van der Waals surface area (Å²) in [7, 11) is 0. The van der Waals surface area contributed by atoms with Gasteiger partial charge in [-0.05, 0) is 31.3 Å². The predicted molar refractivity (Wildman–Crippen MR) is 88.9 cm³/mol. The zero-order valence-electron chi connectivity index (χ0n) is 13.7. The normalized spacial score (nSPS) is 17.9. The van der Waals surface area contributed by atoms with E-state index in [0.717, 1.165) is 35.8 Å². The number of aryl methyl sites for hydroxylation is 1. The van der Waals surface area contributed by atoms with Gasteiger partial charge in [-0.3, -0.25) is 9.48 Å². The third kappa shape index (κ3) is 2.84. The molecule has 3 heterocycles. The number of carbonyl (C=O) groups is 1. The van der Waals surface area contributed by atoms with Gasteiger partial charge in [0.1, 0.15) is 4.88 Å². The molecule has 1 amide bonds. The van der Waals surface area contributed by atoms with Crippen LogP contribution in [0, 0.1) is 6.92 Å². The van der Waals surface area contributed by atoms with Crippen LogP contribution in [0.25, 0.3) is 0 Å². The topological polar surface area (TPSA) is 81.9 Å². The van der Waals surface area contributed by atoms with E-state index in [1.807, 2.05) is 0 Å². The number of fused-ring (bicyclic) bond motifs is 1. The summed E-state index contributed by atoms with van der Waals surface area (Å²) in [6.07, 6.45) is 5.86. The predicted octanol–water partition coefficient (Wildman–Crippen LogP) is 2.16. The van der Waals surface area contributed by atoms with E-state index in [2.05, 4.69) is 19.6 Å². The van der Waals surface area contributed by atoms with Gasteiger partial charge >= 0.3 is 0 Å². The maximum Gasteiger partial charge on any atom is 0.265 e. The van der Waals surface area contributed by atoms with Crippen molar-refractivity contribution in [2.45, 2.75) is 58.2 Å². The van der Waals surface area contributed by atoms with E-state index >= 15 is 0 Å². The minimum atomic E-state index is -0.136. The van der Waals surface area contributed by atoms with E-state index in [1.54, 1.807) is 6.92 Å². The highest BCUT2D eigenvalue weighted by atomic mass is 32.1. The molecule has 2 aromatic rings. The Morgan fingerprint density at radius 1 is 1.42 bits per heavy atom. The number of hydrogen-bond donors (Lipinski definition) is 1. The molecule has 0 aromatic carbocycles. The number of aromatic nitrogens is 4. The smallest absolute Gasteiger partial charge is 0.265 e. The summed E-state index contributed by atoms with van der Waals surface area (Å²) < 4.78 is 11.7. The quantitative estimate of drug-likeness (QED) is 0.916. The summed E-state index contributed by atoms with van der Waals surface area (Å²) in [6, 6.07) is 0.509. The molecule has 0 spiro atoms. The van der Waals surface area contributed by atoms with Gasteiger partial charge in [0.2, 0.25) is 0 Å². The van der Waals surface area contributed by atoms with Crippen molar-refractivity contribution in [3.05, 3.63) is 27.5 Å². The molecule has 8 heteroatoms. The molecular weight excluding hydrogens is 326 g/mol. The first-order chi connectivity index (χ1) is 11.7. The van der Waals surface area contributed by atoms with E-state index in [4.69, 9.17) is 9.84 Å². The van der Waals surface area contributed by atoms with E-state index in [0.29, 0.717) is 29.8 Å². The molecule has 0 bridgehead atoms. The molecular formula is C16H21N5O2S. The molecule has 0 atom stereocenters. The van der Waals surface area contributed by atoms with Crippen molar-refractivity contribution in [3.63, 3.8) is 0 Å². The van der Waals surface area contributed by atoms with Gasteiger partial charge in [0.25, 0.3) is 5.91 Å². The third-order valence-corrected chi connectivity index (χ3v) is 5.70. The zero-order chi connectivity index (χ0) is 16.5. The Hall–Kier alpha value is -1.80. The summed E-state index contributed by atoms with van der Waals surface area (Å²) in [5, 5.41) is 11.7. The first kappa shape index (κ1) is 15.7. The van der Waals surface area contributed by atoms with Crippen LogP contribution in [0.4, 0.5) is 0 Å². The standard InChI is InChI=1S/C16H21N5O2S/c1-10-15(24-20-18-10)16(22)17-8-13-12-9-23-7-6-14(12)21(19-13)11-4-2-3-5-11/h11H,2-9H2,1H3,(H,17,22). The van der Waals surface area contributed by atoms with E-state index in [1.165, 1.54) is 31.4 Å².